The first kappa shape index (κ1) is 17.6. The summed E-state index contributed by atoms with van der Waals surface area (Å²) in [6, 6.07) is 16.9. The van der Waals surface area contributed by atoms with Gasteiger partial charge in [0.05, 0.1) is 7.11 Å². The Morgan fingerprint density at radius 3 is 2.62 bits per heavy atom. The Hall–Kier alpha value is -3.22. The van der Waals surface area contributed by atoms with Gasteiger partial charge >= 0.3 is 0 Å². The number of amides is 1. The molecule has 0 saturated heterocycles. The SMILES string of the molecule is COc1cccc(CNC(=O)C(Cc2ccccc2)n2nnnc2C)c1. The van der Waals surface area contributed by atoms with Crippen molar-refractivity contribution in [2.75, 3.05) is 7.11 Å². The maximum Gasteiger partial charge on any atom is 0.245 e. The van der Waals surface area contributed by atoms with Crippen molar-refractivity contribution in [1.29, 1.82) is 0 Å². The molecular weight excluding hydrogens is 330 g/mol. The van der Waals surface area contributed by atoms with E-state index in [1.165, 1.54) is 0 Å². The zero-order chi connectivity index (χ0) is 18.4. The van der Waals surface area contributed by atoms with E-state index in [2.05, 4.69) is 20.8 Å². The van der Waals surface area contributed by atoms with Gasteiger partial charge in [-0.1, -0.05) is 42.5 Å². The third-order valence-corrected chi connectivity index (χ3v) is 4.13. The van der Waals surface area contributed by atoms with Crippen LogP contribution in [0.5, 0.6) is 5.75 Å². The van der Waals surface area contributed by atoms with Crippen molar-refractivity contribution in [3.05, 3.63) is 71.5 Å². The fourth-order valence-corrected chi connectivity index (χ4v) is 2.74. The summed E-state index contributed by atoms with van der Waals surface area (Å²) in [5.74, 6) is 1.23. The number of nitrogens with zero attached hydrogens (tertiary/aromatic N) is 4. The van der Waals surface area contributed by atoms with Gasteiger partial charge in [0.2, 0.25) is 5.91 Å². The second-order valence-corrected chi connectivity index (χ2v) is 5.95. The topological polar surface area (TPSA) is 81.9 Å². The first-order chi connectivity index (χ1) is 12.7. The molecule has 3 rings (SSSR count). The van der Waals surface area contributed by atoms with Gasteiger partial charge in [0, 0.05) is 13.0 Å². The minimum absolute atomic E-state index is 0.132. The number of carbonyl (C=O) groups excluding carboxylic acids is 1. The molecule has 134 valence electrons. The first-order valence-corrected chi connectivity index (χ1v) is 8.36. The van der Waals surface area contributed by atoms with E-state index < -0.39 is 6.04 Å². The van der Waals surface area contributed by atoms with Crippen LogP contribution in [0, 0.1) is 6.92 Å². The van der Waals surface area contributed by atoms with Gasteiger partial charge < -0.3 is 10.1 Å². The van der Waals surface area contributed by atoms with Gasteiger partial charge in [-0.3, -0.25) is 4.79 Å². The minimum Gasteiger partial charge on any atom is -0.497 e. The third kappa shape index (κ3) is 4.24. The van der Waals surface area contributed by atoms with E-state index in [0.29, 0.717) is 18.8 Å². The highest BCUT2D eigenvalue weighted by Gasteiger charge is 2.24. The molecule has 0 saturated carbocycles. The Kier molecular flexibility index (Phi) is 5.58. The standard InChI is InChI=1S/C19H21N5O2/c1-14-21-22-23-24(14)18(12-15-7-4-3-5-8-15)19(25)20-13-16-9-6-10-17(11-16)26-2/h3-11,18H,12-13H2,1-2H3,(H,20,25). The van der Waals surface area contributed by atoms with Crippen LogP contribution in [0.3, 0.4) is 0 Å². The Labute approximate surface area is 152 Å². The summed E-state index contributed by atoms with van der Waals surface area (Å²) in [6.07, 6.45) is 0.511. The average Bonchev–Trinajstić information content (AvgIpc) is 3.11. The van der Waals surface area contributed by atoms with Crippen LogP contribution in [0.2, 0.25) is 0 Å². The zero-order valence-electron chi connectivity index (χ0n) is 14.8. The maximum atomic E-state index is 12.9. The summed E-state index contributed by atoms with van der Waals surface area (Å²) in [5.41, 5.74) is 2.01. The summed E-state index contributed by atoms with van der Waals surface area (Å²) in [4.78, 5) is 12.9. The van der Waals surface area contributed by atoms with Gasteiger partial charge in [-0.25, -0.2) is 4.68 Å². The van der Waals surface area contributed by atoms with Gasteiger partial charge in [0.1, 0.15) is 17.6 Å². The van der Waals surface area contributed by atoms with E-state index in [1.807, 2.05) is 54.6 Å². The molecule has 1 N–H and O–H groups in total. The molecule has 0 spiro atoms. The molecule has 2 aromatic carbocycles. The van der Waals surface area contributed by atoms with E-state index >= 15 is 0 Å². The van der Waals surface area contributed by atoms with Crippen molar-refractivity contribution < 1.29 is 9.53 Å². The maximum absolute atomic E-state index is 12.9. The summed E-state index contributed by atoms with van der Waals surface area (Å²) < 4.78 is 6.78. The van der Waals surface area contributed by atoms with Crippen LogP contribution in [0.15, 0.2) is 54.6 Å². The van der Waals surface area contributed by atoms with Gasteiger partial charge in [0.15, 0.2) is 0 Å². The van der Waals surface area contributed by atoms with E-state index in [4.69, 9.17) is 4.74 Å². The Morgan fingerprint density at radius 2 is 1.92 bits per heavy atom. The molecule has 7 nitrogen and oxygen atoms in total. The van der Waals surface area contributed by atoms with Crippen LogP contribution < -0.4 is 10.1 Å². The summed E-state index contributed by atoms with van der Waals surface area (Å²) >= 11 is 0. The number of tetrazole rings is 1. The molecule has 0 aliphatic carbocycles. The molecule has 0 radical (unpaired) electrons. The third-order valence-electron chi connectivity index (χ3n) is 4.13. The van der Waals surface area contributed by atoms with Crippen molar-refractivity contribution in [3.63, 3.8) is 0 Å². The molecule has 0 aliphatic rings. The largest absolute Gasteiger partial charge is 0.497 e. The highest BCUT2D eigenvalue weighted by atomic mass is 16.5. The number of nitrogens with one attached hydrogen (secondary N) is 1. The van der Waals surface area contributed by atoms with E-state index in [0.717, 1.165) is 16.9 Å². The molecule has 1 aromatic heterocycles. The fraction of sp³-hybridized carbons (Fsp3) is 0.263. The Morgan fingerprint density at radius 1 is 1.15 bits per heavy atom. The number of benzene rings is 2. The van der Waals surface area contributed by atoms with Crippen molar-refractivity contribution in [2.45, 2.75) is 25.9 Å². The molecule has 1 heterocycles. The summed E-state index contributed by atoms with van der Waals surface area (Å²) in [5, 5.41) is 14.5. The van der Waals surface area contributed by atoms with E-state index in [-0.39, 0.29) is 5.91 Å². The number of methoxy groups -OCH3 is 1. The average molecular weight is 351 g/mol. The predicted molar refractivity (Wildman–Crippen MR) is 96.6 cm³/mol. The number of carbonyl (C=O) groups is 1. The smallest absolute Gasteiger partial charge is 0.245 e. The number of ether oxygens (including phenoxy) is 1. The van der Waals surface area contributed by atoms with Crippen LogP contribution in [-0.2, 0) is 17.8 Å². The lowest BCUT2D eigenvalue weighted by Crippen LogP contribution is -2.34. The van der Waals surface area contributed by atoms with Gasteiger partial charge in [-0.15, -0.1) is 5.10 Å². The molecule has 0 aliphatic heterocycles. The lowest BCUT2D eigenvalue weighted by molar-refractivity contribution is -0.124. The molecule has 3 aromatic rings. The number of hydrogen-bond donors (Lipinski definition) is 1. The van der Waals surface area contributed by atoms with Crippen LogP contribution in [0.1, 0.15) is 23.0 Å². The monoisotopic (exact) mass is 351 g/mol. The van der Waals surface area contributed by atoms with Crippen LogP contribution in [0.25, 0.3) is 0 Å². The number of hydrogen-bond acceptors (Lipinski definition) is 5. The van der Waals surface area contributed by atoms with E-state index in [1.54, 1.807) is 18.7 Å². The molecule has 1 atom stereocenters. The summed E-state index contributed by atoms with van der Waals surface area (Å²) in [6.45, 7) is 2.19. The van der Waals surface area contributed by atoms with Gasteiger partial charge in [0.25, 0.3) is 0 Å². The van der Waals surface area contributed by atoms with Crippen molar-refractivity contribution in [1.82, 2.24) is 25.5 Å². The molecule has 1 amide bonds. The minimum atomic E-state index is -0.516. The number of aryl methyl sites for hydroxylation is 1. The fourth-order valence-electron chi connectivity index (χ4n) is 2.74. The lowest BCUT2D eigenvalue weighted by atomic mass is 10.1. The van der Waals surface area contributed by atoms with Crippen molar-refractivity contribution in [3.8, 4) is 5.75 Å². The quantitative estimate of drug-likeness (QED) is 0.705. The molecule has 1 unspecified atom stereocenters. The van der Waals surface area contributed by atoms with Gasteiger partial charge in [-0.05, 0) is 40.6 Å². The summed E-state index contributed by atoms with van der Waals surface area (Å²) in [7, 11) is 1.62. The second kappa shape index (κ2) is 8.24. The van der Waals surface area contributed by atoms with Crippen molar-refractivity contribution in [2.24, 2.45) is 0 Å². The molecule has 7 heteroatoms. The molecule has 0 bridgehead atoms. The molecule has 26 heavy (non-hydrogen) atoms. The zero-order valence-corrected chi connectivity index (χ0v) is 14.8. The Balaban J connectivity index is 1.75. The van der Waals surface area contributed by atoms with Crippen LogP contribution >= 0.6 is 0 Å². The van der Waals surface area contributed by atoms with Crippen LogP contribution in [-0.4, -0.2) is 33.2 Å². The lowest BCUT2D eigenvalue weighted by Gasteiger charge is -2.18. The molecule has 0 fully saturated rings. The van der Waals surface area contributed by atoms with E-state index in [9.17, 15) is 4.79 Å². The van der Waals surface area contributed by atoms with Gasteiger partial charge in [-0.2, -0.15) is 0 Å². The predicted octanol–water partition coefficient (Wildman–Crippen LogP) is 2.09. The highest BCUT2D eigenvalue weighted by molar-refractivity contribution is 5.80. The van der Waals surface area contributed by atoms with Crippen LogP contribution in [0.4, 0.5) is 0 Å². The number of rotatable bonds is 7. The highest BCUT2D eigenvalue weighted by Crippen LogP contribution is 2.16. The normalized spacial score (nSPS) is 11.8. The number of aromatic nitrogens is 4. The Bertz CT molecular complexity index is 863. The molecular formula is C19H21N5O2. The first-order valence-electron chi connectivity index (χ1n) is 8.36. The second-order valence-electron chi connectivity index (χ2n) is 5.95. The van der Waals surface area contributed by atoms with Crippen molar-refractivity contribution >= 4 is 5.91 Å².